The highest BCUT2D eigenvalue weighted by Gasteiger charge is 2.44. The number of aromatic nitrogens is 4. The quantitative estimate of drug-likeness (QED) is 0.0487. The van der Waals surface area contributed by atoms with Crippen LogP contribution in [0.1, 0.15) is 302 Å². The third-order valence-electron chi connectivity index (χ3n) is 23.9. The van der Waals surface area contributed by atoms with Crippen molar-refractivity contribution >= 4 is 126 Å². The van der Waals surface area contributed by atoms with E-state index in [1.807, 2.05) is 119 Å². The molecule has 4 amide bonds. The summed E-state index contributed by atoms with van der Waals surface area (Å²) in [6, 6.07) is 6.72. The molecule has 1 aliphatic heterocycles. The molecule has 1 atom stereocenters. The summed E-state index contributed by atoms with van der Waals surface area (Å²) in [7, 11) is 4.44. The third-order valence-corrected chi connectivity index (χ3v) is 29.3. The largest absolute Gasteiger partial charge is 0.477 e. The number of rotatable bonds is 21. The van der Waals surface area contributed by atoms with Crippen LogP contribution in [-0.2, 0) is 56.4 Å². The van der Waals surface area contributed by atoms with E-state index >= 15 is 0 Å². The molecule has 0 unspecified atom stereocenters. The molecule has 24 nitrogen and oxygen atoms in total. The number of amides is 4. The van der Waals surface area contributed by atoms with Gasteiger partial charge in [-0.2, -0.15) is 5.10 Å². The second-order valence-electron chi connectivity index (χ2n) is 40.4. The first kappa shape index (κ1) is 102. The van der Waals surface area contributed by atoms with E-state index in [4.69, 9.17) is 0 Å². The molecule has 0 bridgehead atoms. The Morgan fingerprint density at radius 3 is 1.07 bits per heavy atom. The van der Waals surface area contributed by atoms with Crippen LogP contribution in [0, 0.1) is 122 Å². The van der Waals surface area contributed by atoms with Gasteiger partial charge in [0.15, 0.2) is 0 Å². The second-order valence-corrected chi connectivity index (χ2v) is 46.6. The Labute approximate surface area is 769 Å². The van der Waals surface area contributed by atoms with E-state index < -0.39 is 39.9 Å². The maximum absolute atomic E-state index is 13.8. The Morgan fingerprint density at radius 1 is 0.457 bits per heavy atom. The van der Waals surface area contributed by atoms with Crippen LogP contribution in [0.15, 0.2) is 49.2 Å². The van der Waals surface area contributed by atoms with E-state index in [0.717, 1.165) is 174 Å². The van der Waals surface area contributed by atoms with E-state index in [0.29, 0.717) is 91.4 Å². The predicted molar refractivity (Wildman–Crippen MR) is 509 cm³/mol. The highest BCUT2D eigenvalue weighted by Crippen LogP contribution is 2.45. The summed E-state index contributed by atoms with van der Waals surface area (Å²) in [5.41, 5.74) is 2.66. The van der Waals surface area contributed by atoms with Crippen LogP contribution in [0.25, 0.3) is 0 Å². The zero-order valence-corrected chi connectivity index (χ0v) is 82.4. The average Bonchev–Trinajstić information content (AvgIpc) is 1.73. The number of imidazole rings is 1. The number of nitrogens with zero attached hydrogens (tertiary/aromatic N) is 10. The molecular formula is C98H134N10O14S5. The van der Waals surface area contributed by atoms with Gasteiger partial charge < -0.3 is 49.5 Å². The van der Waals surface area contributed by atoms with Crippen molar-refractivity contribution in [3.63, 3.8) is 0 Å². The highest BCUT2D eigenvalue weighted by molar-refractivity contribution is 7.88. The lowest BCUT2D eigenvalue weighted by atomic mass is 9.77. The minimum Gasteiger partial charge on any atom is -0.477 e. The number of aryl methyl sites for hydroxylation is 2. The Balaban J connectivity index is 0.000000191. The first-order valence-corrected chi connectivity index (χ1v) is 49.8. The van der Waals surface area contributed by atoms with Gasteiger partial charge in [0.1, 0.15) is 19.5 Å². The summed E-state index contributed by atoms with van der Waals surface area (Å²) in [4.78, 5) is 119. The molecule has 6 fully saturated rings. The summed E-state index contributed by atoms with van der Waals surface area (Å²) >= 11 is 4.51. The molecule has 6 aliphatic rings. The molecule has 4 N–H and O–H groups in total. The number of carbonyl (C=O) groups excluding carboxylic acids is 4. The van der Waals surface area contributed by atoms with Crippen LogP contribution in [0.5, 0.6) is 0 Å². The van der Waals surface area contributed by atoms with E-state index in [9.17, 15) is 67.2 Å². The van der Waals surface area contributed by atoms with Gasteiger partial charge in [0.2, 0.25) is 33.7 Å². The first-order chi connectivity index (χ1) is 59.3. The van der Waals surface area contributed by atoms with Crippen LogP contribution in [0.3, 0.4) is 0 Å². The van der Waals surface area contributed by atoms with Gasteiger partial charge in [-0.3, -0.25) is 23.9 Å². The Kier molecular flexibility index (Phi) is 35.0. The van der Waals surface area contributed by atoms with E-state index in [1.165, 1.54) is 15.6 Å². The molecule has 29 heteroatoms. The fraction of sp³-hybridized carbons (Fsp3) is 0.612. The first-order valence-electron chi connectivity index (χ1n) is 44.7. The number of carboxylic acids is 4. The minimum absolute atomic E-state index is 0.00798. The molecule has 0 radical (unpaired) electrons. The molecule has 6 aromatic heterocycles. The number of aromatic carboxylic acids is 4. The van der Waals surface area contributed by atoms with Crippen molar-refractivity contribution in [2.24, 2.45) is 89.0 Å². The summed E-state index contributed by atoms with van der Waals surface area (Å²) < 4.78 is 29.1. The Bertz CT molecular complexity index is 5280. The lowest BCUT2D eigenvalue weighted by molar-refractivity contribution is -0.125. The number of carboxylic acid groups (broad SMARTS) is 4. The van der Waals surface area contributed by atoms with Crippen LogP contribution in [-0.4, -0.2) is 157 Å². The van der Waals surface area contributed by atoms with Crippen molar-refractivity contribution in [1.82, 2.24) is 28.5 Å². The number of hydrogen-bond acceptors (Lipinski definition) is 17. The highest BCUT2D eigenvalue weighted by atomic mass is 32.2. The van der Waals surface area contributed by atoms with Gasteiger partial charge in [0, 0.05) is 103 Å². The summed E-state index contributed by atoms with van der Waals surface area (Å²) in [5.74, 6) is 23.6. The van der Waals surface area contributed by atoms with Crippen molar-refractivity contribution in [1.29, 1.82) is 0 Å². The SMILES string of the molecule is CC1CCC(C(=O)N(Cc2cncn2C)c2cc(C#CC(C)(C)C)sc2C(=O)O)CC1.CC1CCC(C(=O)N(Cc2cnn(C)c2)c2cc(C#CC(C)(C)C)sc2C(=O)O)CC1.CC1CCC(C(=O)N(c2cc(C#CC(C)(C)C)sc2C(=O)O)C2CC(CN(C)C)C2)CC1.CC1CCC(C(=O)N(c2cc(C#CC(C)(C)C)sc2C(=O)O)[C@H]2CCN(S(C)(=O)=O)C2)CC1. The maximum atomic E-state index is 13.8. The number of sulfonamides is 1. The van der Waals surface area contributed by atoms with Gasteiger partial charge in [-0.05, 0) is 273 Å². The zero-order valence-electron chi connectivity index (χ0n) is 78.3. The molecule has 0 spiro atoms. The van der Waals surface area contributed by atoms with E-state index in [-0.39, 0.29) is 108 Å². The monoisotopic (exact) mass is 1830 g/mol. The smallest absolute Gasteiger partial charge is 0.348 e. The van der Waals surface area contributed by atoms with Gasteiger partial charge in [-0.1, -0.05) is 75.1 Å². The van der Waals surface area contributed by atoms with Crippen molar-refractivity contribution in [3.8, 4) is 47.4 Å². The molecule has 6 aromatic rings. The lowest BCUT2D eigenvalue weighted by Gasteiger charge is -2.45. The summed E-state index contributed by atoms with van der Waals surface area (Å²) in [6.45, 7) is 35.0. The second kappa shape index (κ2) is 43.7. The van der Waals surface area contributed by atoms with Crippen LogP contribution in [0.2, 0.25) is 0 Å². The van der Waals surface area contributed by atoms with Gasteiger partial charge in [0.25, 0.3) is 0 Å². The van der Waals surface area contributed by atoms with Gasteiger partial charge in [0.05, 0.1) is 85.9 Å². The molecule has 690 valence electrons. The maximum Gasteiger partial charge on any atom is 0.348 e. The molecule has 12 rings (SSSR count). The van der Waals surface area contributed by atoms with Crippen LogP contribution in [0.4, 0.5) is 22.7 Å². The fourth-order valence-electron chi connectivity index (χ4n) is 16.8. The van der Waals surface area contributed by atoms with Gasteiger partial charge in [-0.15, -0.1) is 45.3 Å². The van der Waals surface area contributed by atoms with Crippen LogP contribution < -0.4 is 19.6 Å². The molecule has 5 saturated carbocycles. The zero-order chi connectivity index (χ0) is 93.7. The third kappa shape index (κ3) is 29.6. The van der Waals surface area contributed by atoms with Crippen molar-refractivity contribution in [3.05, 3.63) is 99.5 Å². The van der Waals surface area contributed by atoms with Crippen molar-refractivity contribution in [2.45, 2.75) is 258 Å². The minimum atomic E-state index is -3.40. The topological polar surface area (TPSA) is 307 Å². The van der Waals surface area contributed by atoms with Gasteiger partial charge >= 0.3 is 23.9 Å². The number of thiophene rings is 4. The Morgan fingerprint density at radius 2 is 0.780 bits per heavy atom. The number of anilines is 4. The molecular weight excluding hydrogens is 1700 g/mol. The Hall–Kier alpha value is -8.91. The molecule has 0 aromatic carbocycles. The predicted octanol–water partition coefficient (Wildman–Crippen LogP) is 19.3. The number of carbonyl (C=O) groups is 8. The van der Waals surface area contributed by atoms with Crippen molar-refractivity contribution in [2.75, 3.05) is 59.6 Å². The molecule has 7 heterocycles. The lowest BCUT2D eigenvalue weighted by Crippen LogP contribution is -2.52. The standard InChI is InChI=1S/C26H38N2O3S.2C24H31N3O3S.C24H34N2O5S2/c1-17-7-9-19(10-8-17)24(29)28(20-13-18(14-20)16-27(5)6)22-15-21(11-12-26(2,3)4)32-23(22)25(30)31;1-16-6-8-18(9-7-16)22(28)27(15-17-13-25-26(5)14-17)20-12-19(10-11-24(2,3)4)31-21(20)23(29)30;1-16-6-8-17(9-7-16)22(28)27(14-18-13-25-15-26(18)5)20-12-19(10-11-24(2,3)4)31-21(20)23(29)30;1-16-6-8-17(9-7-16)22(27)26(18-11-13-25(15-18)33(5,30)31)20-14-19(10-12-24(2,3)4)32-21(20)23(28)29/h15,17-20H,7-10,13-14,16H2,1-6H3,(H,30,31);12-14,16,18H,6-9,15H2,1-5H3,(H,29,30);12-13,15-17H,6-9,14H2,1-5H3,(H,29,30);14,16-18H,6-9,11,13,15H2,1-5H3,(H,28,29)/t;;;16?,17?,18-/m...0/s1. The molecule has 5 aliphatic carbocycles. The van der Waals surface area contributed by atoms with Crippen LogP contribution >= 0.6 is 45.3 Å². The summed E-state index contributed by atoms with van der Waals surface area (Å²) in [6.07, 6.45) is 25.3. The molecule has 1 saturated heterocycles. The normalized spacial score (nSPS) is 22.0. The van der Waals surface area contributed by atoms with Gasteiger partial charge in [-0.25, -0.2) is 36.9 Å². The summed E-state index contributed by atoms with van der Waals surface area (Å²) in [5, 5.41) is 43.8. The van der Waals surface area contributed by atoms with E-state index in [1.54, 1.807) is 56.3 Å². The van der Waals surface area contributed by atoms with Crippen molar-refractivity contribution < 1.29 is 67.2 Å². The number of hydrogen-bond donors (Lipinski definition) is 4. The fourth-order valence-corrected chi connectivity index (χ4v) is 21.1. The average molecular weight is 1840 g/mol. The van der Waals surface area contributed by atoms with E-state index in [2.05, 4.69) is 104 Å². The molecule has 127 heavy (non-hydrogen) atoms.